The van der Waals surface area contributed by atoms with Crippen LogP contribution >= 0.6 is 0 Å². The maximum Gasteiger partial charge on any atom is 0.314 e. The van der Waals surface area contributed by atoms with E-state index in [2.05, 4.69) is 0 Å². The van der Waals surface area contributed by atoms with Crippen molar-refractivity contribution in [3.05, 3.63) is 29.8 Å². The molecule has 0 spiro atoms. The summed E-state index contributed by atoms with van der Waals surface area (Å²) in [5.74, 6) is -1.42. The van der Waals surface area contributed by atoms with E-state index in [1.807, 2.05) is 32.0 Å². The van der Waals surface area contributed by atoms with E-state index >= 15 is 0 Å². The summed E-state index contributed by atoms with van der Waals surface area (Å²) in [7, 11) is 0. The average Bonchev–Trinajstić information content (AvgIpc) is 2.67. The molecule has 1 atom stereocenters. The minimum Gasteiger partial charge on any atom is -0.487 e. The highest BCUT2D eigenvalue weighted by Crippen LogP contribution is 2.50. The molecule has 0 amide bonds. The van der Waals surface area contributed by atoms with Gasteiger partial charge in [0.1, 0.15) is 17.0 Å². The third kappa shape index (κ3) is 5.83. The fraction of sp³-hybridized carbons (Fsp3) is 0.500. The van der Waals surface area contributed by atoms with Crippen LogP contribution in [0, 0.1) is 5.92 Å². The Morgan fingerprint density at radius 1 is 1.06 bits per heavy atom. The van der Waals surface area contributed by atoms with Crippen LogP contribution in [0.2, 0.25) is 0 Å². The molecule has 178 valence electrons. The zero-order chi connectivity index (χ0) is 24.6. The molecule has 1 heterocycles. The molecule has 1 aliphatic heterocycles. The van der Waals surface area contributed by atoms with Gasteiger partial charge >= 0.3 is 17.9 Å². The lowest BCUT2D eigenvalue weighted by Gasteiger charge is -2.34. The Hall–Kier alpha value is -3.09. The highest BCUT2D eigenvalue weighted by molar-refractivity contribution is 6.00. The number of carbonyl (C=O) groups is 3. The predicted octanol–water partition coefficient (Wildman–Crippen LogP) is 5.14. The SMILES string of the molecule is CC(=O)Oc1c2c(c3ccccc3c1OC(=O)[C@H](C)CC(=O)OC(C)(C)C)OC(C)(C)CC2. The molecule has 33 heavy (non-hydrogen) atoms. The van der Waals surface area contributed by atoms with Crippen molar-refractivity contribution in [2.75, 3.05) is 0 Å². The number of esters is 3. The van der Waals surface area contributed by atoms with Crippen molar-refractivity contribution in [3.63, 3.8) is 0 Å². The van der Waals surface area contributed by atoms with Crippen LogP contribution in [0.15, 0.2) is 24.3 Å². The van der Waals surface area contributed by atoms with E-state index in [4.69, 9.17) is 18.9 Å². The molecule has 0 radical (unpaired) electrons. The molecule has 0 fully saturated rings. The van der Waals surface area contributed by atoms with Crippen LogP contribution in [0.5, 0.6) is 17.2 Å². The lowest BCUT2D eigenvalue weighted by atomic mass is 9.91. The lowest BCUT2D eigenvalue weighted by molar-refractivity contribution is -0.158. The first kappa shape index (κ1) is 24.6. The van der Waals surface area contributed by atoms with Crippen LogP contribution < -0.4 is 14.2 Å². The van der Waals surface area contributed by atoms with Crippen LogP contribution in [0.4, 0.5) is 0 Å². The molecule has 3 rings (SSSR count). The molecule has 2 aromatic carbocycles. The fourth-order valence-corrected chi connectivity index (χ4v) is 3.77. The van der Waals surface area contributed by atoms with E-state index in [-0.39, 0.29) is 23.5 Å². The molecule has 0 bridgehead atoms. The van der Waals surface area contributed by atoms with Crippen LogP contribution in [0.3, 0.4) is 0 Å². The maximum absolute atomic E-state index is 13.0. The Labute approximate surface area is 194 Å². The van der Waals surface area contributed by atoms with Crippen LogP contribution in [-0.2, 0) is 25.5 Å². The minimum atomic E-state index is -0.755. The molecule has 1 aliphatic rings. The minimum absolute atomic E-state index is 0.126. The Morgan fingerprint density at radius 3 is 2.30 bits per heavy atom. The van der Waals surface area contributed by atoms with Gasteiger partial charge in [-0.15, -0.1) is 0 Å². The van der Waals surface area contributed by atoms with Gasteiger partial charge in [-0.25, -0.2) is 0 Å². The van der Waals surface area contributed by atoms with Gasteiger partial charge in [0.25, 0.3) is 0 Å². The van der Waals surface area contributed by atoms with Gasteiger partial charge in [0.15, 0.2) is 11.5 Å². The lowest BCUT2D eigenvalue weighted by Crippen LogP contribution is -2.33. The standard InChI is InChI=1S/C26H32O7/c1-15(14-20(28)32-25(3,4)5)24(29)31-22-18-11-9-8-10-17(18)21-19(23(22)30-16(2)27)12-13-26(6,7)33-21/h8-11,15H,12-14H2,1-7H3/t15-/m1/s1. The summed E-state index contributed by atoms with van der Waals surface area (Å²) in [5.41, 5.74) is -0.347. The second kappa shape index (κ2) is 9.04. The van der Waals surface area contributed by atoms with E-state index in [9.17, 15) is 14.4 Å². The molecule has 2 aromatic rings. The second-order valence-electron chi connectivity index (χ2n) is 10.1. The number of hydrogen-bond donors (Lipinski definition) is 0. The van der Waals surface area contributed by atoms with Gasteiger partial charge in [-0.05, 0) is 47.5 Å². The predicted molar refractivity (Wildman–Crippen MR) is 124 cm³/mol. The highest BCUT2D eigenvalue weighted by Gasteiger charge is 2.34. The Kier molecular flexibility index (Phi) is 6.73. The van der Waals surface area contributed by atoms with Crippen molar-refractivity contribution < 1.29 is 33.3 Å². The first-order valence-electron chi connectivity index (χ1n) is 11.2. The summed E-state index contributed by atoms with van der Waals surface area (Å²) < 4.78 is 22.9. The molecule has 0 saturated carbocycles. The number of fused-ring (bicyclic) bond motifs is 3. The molecule has 0 N–H and O–H groups in total. The Morgan fingerprint density at radius 2 is 1.70 bits per heavy atom. The molecule has 0 aliphatic carbocycles. The monoisotopic (exact) mass is 456 g/mol. The van der Waals surface area contributed by atoms with Crippen molar-refractivity contribution in [2.24, 2.45) is 5.92 Å². The molecular formula is C26H32O7. The van der Waals surface area contributed by atoms with Crippen molar-refractivity contribution in [3.8, 4) is 17.2 Å². The first-order chi connectivity index (χ1) is 15.3. The van der Waals surface area contributed by atoms with Crippen molar-refractivity contribution in [2.45, 2.75) is 78.9 Å². The largest absolute Gasteiger partial charge is 0.487 e. The smallest absolute Gasteiger partial charge is 0.314 e. The molecule has 0 saturated heterocycles. The van der Waals surface area contributed by atoms with Crippen molar-refractivity contribution >= 4 is 28.7 Å². The van der Waals surface area contributed by atoms with Crippen LogP contribution in [0.25, 0.3) is 10.8 Å². The van der Waals surface area contributed by atoms with Crippen molar-refractivity contribution in [1.82, 2.24) is 0 Å². The first-order valence-corrected chi connectivity index (χ1v) is 11.2. The molecule has 7 nitrogen and oxygen atoms in total. The van der Waals surface area contributed by atoms with E-state index in [0.717, 1.165) is 5.39 Å². The molecule has 0 aromatic heterocycles. The van der Waals surface area contributed by atoms with Crippen LogP contribution in [0.1, 0.15) is 66.9 Å². The zero-order valence-electron chi connectivity index (χ0n) is 20.4. The number of benzene rings is 2. The van der Waals surface area contributed by atoms with Gasteiger partial charge in [0.05, 0.1) is 12.3 Å². The number of ether oxygens (including phenoxy) is 4. The van der Waals surface area contributed by atoms with Gasteiger partial charge in [-0.3, -0.25) is 14.4 Å². The number of hydrogen-bond acceptors (Lipinski definition) is 7. The topological polar surface area (TPSA) is 88.1 Å². The summed E-state index contributed by atoms with van der Waals surface area (Å²) in [4.78, 5) is 37.1. The van der Waals surface area contributed by atoms with E-state index < -0.39 is 29.4 Å². The summed E-state index contributed by atoms with van der Waals surface area (Å²) in [6.07, 6.45) is 1.17. The van der Waals surface area contributed by atoms with Gasteiger partial charge in [0, 0.05) is 23.3 Å². The van der Waals surface area contributed by atoms with Crippen LogP contribution in [-0.4, -0.2) is 29.1 Å². The number of carbonyl (C=O) groups excluding carboxylic acids is 3. The normalized spacial score (nSPS) is 15.7. The van der Waals surface area contributed by atoms with E-state index in [1.165, 1.54) is 6.92 Å². The van der Waals surface area contributed by atoms with Gasteiger partial charge in [-0.2, -0.15) is 0 Å². The third-order valence-electron chi connectivity index (χ3n) is 5.27. The summed E-state index contributed by atoms with van der Waals surface area (Å²) >= 11 is 0. The summed E-state index contributed by atoms with van der Waals surface area (Å²) in [6, 6.07) is 7.35. The van der Waals surface area contributed by atoms with Crippen molar-refractivity contribution in [1.29, 1.82) is 0 Å². The molecule has 7 heteroatoms. The quantitative estimate of drug-likeness (QED) is 0.454. The number of rotatable bonds is 5. The summed E-state index contributed by atoms with van der Waals surface area (Å²) in [6.45, 7) is 12.2. The second-order valence-corrected chi connectivity index (χ2v) is 10.1. The third-order valence-corrected chi connectivity index (χ3v) is 5.27. The molecular weight excluding hydrogens is 424 g/mol. The zero-order valence-corrected chi connectivity index (χ0v) is 20.4. The van der Waals surface area contributed by atoms with Gasteiger partial charge in [-0.1, -0.05) is 31.2 Å². The Balaban J connectivity index is 2.02. The van der Waals surface area contributed by atoms with E-state index in [1.54, 1.807) is 33.8 Å². The van der Waals surface area contributed by atoms with Gasteiger partial charge < -0.3 is 18.9 Å². The average molecular weight is 457 g/mol. The van der Waals surface area contributed by atoms with E-state index in [0.29, 0.717) is 29.5 Å². The Bertz CT molecular complexity index is 1090. The fourth-order valence-electron chi connectivity index (χ4n) is 3.77. The van der Waals surface area contributed by atoms with Gasteiger partial charge in [0.2, 0.25) is 0 Å². The maximum atomic E-state index is 13.0. The summed E-state index contributed by atoms with van der Waals surface area (Å²) in [5, 5.41) is 1.35. The molecule has 0 unspecified atom stereocenters. The highest BCUT2D eigenvalue weighted by atomic mass is 16.6.